The number of hydrazine groups is 1. The maximum absolute atomic E-state index is 11.6. The van der Waals surface area contributed by atoms with Crippen LogP contribution in [0.3, 0.4) is 0 Å². The normalized spacial score (nSPS) is 9.80. The third-order valence-corrected chi connectivity index (χ3v) is 2.15. The molecule has 0 bridgehead atoms. The van der Waals surface area contributed by atoms with Gasteiger partial charge in [-0.15, -0.1) is 0 Å². The number of anilines is 1. The van der Waals surface area contributed by atoms with Gasteiger partial charge in [0.1, 0.15) is 0 Å². The Morgan fingerprint density at radius 1 is 1.47 bits per heavy atom. The fourth-order valence-electron chi connectivity index (χ4n) is 1.38. The summed E-state index contributed by atoms with van der Waals surface area (Å²) < 4.78 is 4.95. The number of rotatable bonds is 4. The number of esters is 1. The minimum atomic E-state index is -0.280. The van der Waals surface area contributed by atoms with E-state index in [1.807, 2.05) is 13.0 Å². The molecule has 0 heterocycles. The lowest BCUT2D eigenvalue weighted by Crippen LogP contribution is -2.11. The van der Waals surface area contributed by atoms with Crippen molar-refractivity contribution in [1.82, 2.24) is 0 Å². The third-order valence-electron chi connectivity index (χ3n) is 2.15. The number of aryl methyl sites for hydroxylation is 1. The predicted molar refractivity (Wildman–Crippen MR) is 59.6 cm³/mol. The predicted octanol–water partition coefficient (Wildman–Crippen LogP) is 1.71. The summed E-state index contributed by atoms with van der Waals surface area (Å²) in [5.41, 5.74) is 4.88. The second kappa shape index (κ2) is 5.36. The lowest BCUT2D eigenvalue weighted by molar-refractivity contribution is 0.0525. The van der Waals surface area contributed by atoms with Gasteiger partial charge in [-0.2, -0.15) is 0 Å². The summed E-state index contributed by atoms with van der Waals surface area (Å²) in [5, 5.41) is 0. The highest BCUT2D eigenvalue weighted by Crippen LogP contribution is 2.16. The summed E-state index contributed by atoms with van der Waals surface area (Å²) in [6.45, 7) is 4.16. The first-order chi connectivity index (χ1) is 7.22. The largest absolute Gasteiger partial charge is 0.462 e. The van der Waals surface area contributed by atoms with Crippen LogP contribution in [0.5, 0.6) is 0 Å². The molecular weight excluding hydrogens is 192 g/mol. The minimum Gasteiger partial charge on any atom is -0.462 e. The van der Waals surface area contributed by atoms with Gasteiger partial charge in [-0.25, -0.2) is 4.79 Å². The number of nitrogen functional groups attached to an aromatic ring is 1. The standard InChI is InChI=1S/C11H16N2O2/c1-3-8-7-9(13-12)5-6-10(8)11(14)15-4-2/h5-7,13H,3-4,12H2,1-2H3. The number of nitrogens with two attached hydrogens (primary N) is 1. The molecule has 4 nitrogen and oxygen atoms in total. The molecule has 0 atom stereocenters. The number of hydrogen-bond acceptors (Lipinski definition) is 4. The van der Waals surface area contributed by atoms with Gasteiger partial charge in [0.25, 0.3) is 0 Å². The van der Waals surface area contributed by atoms with E-state index in [1.165, 1.54) is 0 Å². The lowest BCUT2D eigenvalue weighted by atomic mass is 10.0. The molecule has 0 aliphatic heterocycles. The average Bonchev–Trinajstić information content (AvgIpc) is 2.28. The first-order valence-electron chi connectivity index (χ1n) is 4.99. The first kappa shape index (κ1) is 11.5. The number of carbonyl (C=O) groups excluding carboxylic acids is 1. The van der Waals surface area contributed by atoms with Gasteiger partial charge in [0.15, 0.2) is 0 Å². The SMILES string of the molecule is CCOC(=O)c1ccc(NN)cc1CC. The molecule has 0 fully saturated rings. The van der Waals surface area contributed by atoms with Crippen molar-refractivity contribution in [2.24, 2.45) is 5.84 Å². The highest BCUT2D eigenvalue weighted by Gasteiger charge is 2.11. The van der Waals surface area contributed by atoms with E-state index >= 15 is 0 Å². The molecule has 0 aliphatic carbocycles. The Hall–Kier alpha value is -1.55. The van der Waals surface area contributed by atoms with Crippen LogP contribution in [0.25, 0.3) is 0 Å². The van der Waals surface area contributed by atoms with Gasteiger partial charge in [0.2, 0.25) is 0 Å². The van der Waals surface area contributed by atoms with Crippen LogP contribution < -0.4 is 11.3 Å². The number of nitrogens with one attached hydrogen (secondary N) is 1. The summed E-state index contributed by atoms with van der Waals surface area (Å²) >= 11 is 0. The molecule has 0 radical (unpaired) electrons. The first-order valence-corrected chi connectivity index (χ1v) is 4.99. The van der Waals surface area contributed by atoms with Crippen LogP contribution in [-0.4, -0.2) is 12.6 Å². The van der Waals surface area contributed by atoms with Crippen LogP contribution in [0.15, 0.2) is 18.2 Å². The molecule has 0 amide bonds. The maximum atomic E-state index is 11.6. The van der Waals surface area contributed by atoms with Gasteiger partial charge in [-0.1, -0.05) is 6.92 Å². The van der Waals surface area contributed by atoms with Crippen molar-refractivity contribution in [2.75, 3.05) is 12.0 Å². The lowest BCUT2D eigenvalue weighted by Gasteiger charge is -2.09. The molecule has 0 aliphatic rings. The van der Waals surface area contributed by atoms with E-state index in [9.17, 15) is 4.79 Å². The van der Waals surface area contributed by atoms with E-state index < -0.39 is 0 Å². The van der Waals surface area contributed by atoms with E-state index in [0.29, 0.717) is 12.2 Å². The number of hydrogen-bond donors (Lipinski definition) is 2. The fraction of sp³-hybridized carbons (Fsp3) is 0.364. The second-order valence-electron chi connectivity index (χ2n) is 3.09. The molecule has 0 saturated heterocycles. The van der Waals surface area contributed by atoms with Crippen molar-refractivity contribution in [2.45, 2.75) is 20.3 Å². The van der Waals surface area contributed by atoms with Gasteiger partial charge in [-0.3, -0.25) is 5.84 Å². The summed E-state index contributed by atoms with van der Waals surface area (Å²) in [7, 11) is 0. The van der Waals surface area contributed by atoms with Crippen molar-refractivity contribution >= 4 is 11.7 Å². The van der Waals surface area contributed by atoms with Crippen molar-refractivity contribution in [3.05, 3.63) is 29.3 Å². The van der Waals surface area contributed by atoms with E-state index in [4.69, 9.17) is 10.6 Å². The molecule has 1 rings (SSSR count). The molecule has 0 unspecified atom stereocenters. The van der Waals surface area contributed by atoms with Crippen molar-refractivity contribution in [3.63, 3.8) is 0 Å². The fourth-order valence-corrected chi connectivity index (χ4v) is 1.38. The molecule has 0 spiro atoms. The average molecular weight is 208 g/mol. The summed E-state index contributed by atoms with van der Waals surface area (Å²) in [6, 6.07) is 5.34. The Morgan fingerprint density at radius 2 is 2.20 bits per heavy atom. The van der Waals surface area contributed by atoms with Crippen molar-refractivity contribution in [1.29, 1.82) is 0 Å². The van der Waals surface area contributed by atoms with Gasteiger partial charge < -0.3 is 10.2 Å². The van der Waals surface area contributed by atoms with Gasteiger partial charge in [0, 0.05) is 5.69 Å². The summed E-state index contributed by atoms with van der Waals surface area (Å²) in [4.78, 5) is 11.6. The van der Waals surface area contributed by atoms with Crippen LogP contribution in [-0.2, 0) is 11.2 Å². The highest BCUT2D eigenvalue weighted by atomic mass is 16.5. The van der Waals surface area contributed by atoms with E-state index in [1.54, 1.807) is 19.1 Å². The quantitative estimate of drug-likeness (QED) is 0.449. The molecule has 1 aromatic rings. The van der Waals surface area contributed by atoms with Gasteiger partial charge in [0.05, 0.1) is 12.2 Å². The van der Waals surface area contributed by atoms with E-state index in [-0.39, 0.29) is 5.97 Å². The highest BCUT2D eigenvalue weighted by molar-refractivity contribution is 5.91. The van der Waals surface area contributed by atoms with Gasteiger partial charge in [-0.05, 0) is 37.1 Å². The monoisotopic (exact) mass is 208 g/mol. The molecule has 0 aromatic heterocycles. The summed E-state index contributed by atoms with van der Waals surface area (Å²) in [5.74, 6) is 5.01. The Labute approximate surface area is 89.4 Å². The van der Waals surface area contributed by atoms with Crippen LogP contribution in [0.1, 0.15) is 29.8 Å². The molecule has 15 heavy (non-hydrogen) atoms. The van der Waals surface area contributed by atoms with Crippen LogP contribution in [0.2, 0.25) is 0 Å². The van der Waals surface area contributed by atoms with Crippen LogP contribution in [0.4, 0.5) is 5.69 Å². The zero-order chi connectivity index (χ0) is 11.3. The number of carbonyl (C=O) groups is 1. The van der Waals surface area contributed by atoms with Crippen LogP contribution in [0, 0.1) is 0 Å². The Kier molecular flexibility index (Phi) is 4.12. The minimum absolute atomic E-state index is 0.280. The molecule has 1 aromatic carbocycles. The Morgan fingerprint density at radius 3 is 2.73 bits per heavy atom. The van der Waals surface area contributed by atoms with Crippen LogP contribution >= 0.6 is 0 Å². The molecule has 3 N–H and O–H groups in total. The topological polar surface area (TPSA) is 64.3 Å². The number of benzene rings is 1. The third kappa shape index (κ3) is 2.70. The number of ether oxygens (including phenoxy) is 1. The Balaban J connectivity index is 3.02. The molecule has 0 saturated carbocycles. The smallest absolute Gasteiger partial charge is 0.338 e. The van der Waals surface area contributed by atoms with Crippen molar-refractivity contribution in [3.8, 4) is 0 Å². The van der Waals surface area contributed by atoms with Gasteiger partial charge >= 0.3 is 5.97 Å². The zero-order valence-corrected chi connectivity index (χ0v) is 9.04. The molecular formula is C11H16N2O2. The second-order valence-corrected chi connectivity index (χ2v) is 3.09. The summed E-state index contributed by atoms with van der Waals surface area (Å²) in [6.07, 6.45) is 0.768. The van der Waals surface area contributed by atoms with E-state index in [2.05, 4.69) is 5.43 Å². The molecule has 4 heteroatoms. The zero-order valence-electron chi connectivity index (χ0n) is 9.04. The maximum Gasteiger partial charge on any atom is 0.338 e. The van der Waals surface area contributed by atoms with Crippen molar-refractivity contribution < 1.29 is 9.53 Å². The van der Waals surface area contributed by atoms with E-state index in [0.717, 1.165) is 17.7 Å². The Bertz CT molecular complexity index is 350. The molecule has 82 valence electrons.